The van der Waals surface area contributed by atoms with E-state index in [1.54, 1.807) is 18.3 Å². The molecular weight excluding hydrogens is 520 g/mol. The fourth-order valence-electron chi connectivity index (χ4n) is 3.49. The molecule has 1 aromatic carbocycles. The molecule has 1 aromatic heterocycles. The molecule has 2 aromatic rings. The van der Waals surface area contributed by atoms with Crippen molar-refractivity contribution < 1.29 is 27.8 Å². The Labute approximate surface area is 220 Å². The zero-order valence-corrected chi connectivity index (χ0v) is 21.7. The number of aliphatic imine (C=N–C) groups is 1. The summed E-state index contributed by atoms with van der Waals surface area (Å²) in [6.07, 6.45) is 1.24. The summed E-state index contributed by atoms with van der Waals surface area (Å²) in [5.41, 5.74) is 3.31. The van der Waals surface area contributed by atoms with Crippen molar-refractivity contribution >= 4 is 39.1 Å². The molecule has 202 valence electrons. The molecule has 13 heteroatoms. The van der Waals surface area contributed by atoms with Crippen LogP contribution in [0, 0.1) is 0 Å². The number of halogens is 3. The molecule has 2 heterocycles. The molecule has 3 N–H and O–H groups in total. The topological polar surface area (TPSA) is 111 Å². The lowest BCUT2D eigenvalue weighted by molar-refractivity contribution is -0.141. The maximum atomic E-state index is 13.5. The van der Waals surface area contributed by atoms with Gasteiger partial charge in [0, 0.05) is 36.0 Å². The number of carboxylic acids is 1. The number of carbonyl (C=O) groups is 1. The molecule has 0 amide bonds. The third kappa shape index (κ3) is 8.12. The van der Waals surface area contributed by atoms with Gasteiger partial charge in [-0.15, -0.1) is 9.24 Å². The molecule has 1 fully saturated rings. The Bertz CT molecular complexity index is 1230. The number of allylic oxidation sites excluding steroid dienone is 1. The summed E-state index contributed by atoms with van der Waals surface area (Å²) in [5.74, 6) is -2.63. The van der Waals surface area contributed by atoms with Crippen LogP contribution in [-0.2, 0) is 15.7 Å². The van der Waals surface area contributed by atoms with Gasteiger partial charge in [-0.25, -0.2) is 4.99 Å². The fourth-order valence-corrected chi connectivity index (χ4v) is 3.76. The molecule has 38 heavy (non-hydrogen) atoms. The van der Waals surface area contributed by atoms with E-state index in [4.69, 9.17) is 9.84 Å². The van der Waals surface area contributed by atoms with Crippen LogP contribution < -0.4 is 10.7 Å². The quantitative estimate of drug-likeness (QED) is 0.131. The van der Waals surface area contributed by atoms with Crippen LogP contribution in [-0.4, -0.2) is 59.8 Å². The molecule has 0 radical (unpaired) electrons. The van der Waals surface area contributed by atoms with Gasteiger partial charge in [-0.2, -0.15) is 18.3 Å². The highest BCUT2D eigenvalue weighted by Gasteiger charge is 2.36. The molecule has 9 nitrogen and oxygen atoms in total. The molecule has 1 aliphatic heterocycles. The molecule has 0 aliphatic carbocycles. The van der Waals surface area contributed by atoms with Crippen molar-refractivity contribution in [2.75, 3.05) is 31.6 Å². The molecule has 1 aliphatic rings. The van der Waals surface area contributed by atoms with E-state index in [2.05, 4.69) is 46.5 Å². The number of hydrazone groups is 1. The zero-order valence-electron chi connectivity index (χ0n) is 20.6. The van der Waals surface area contributed by atoms with Crippen LogP contribution in [0.25, 0.3) is 0 Å². The van der Waals surface area contributed by atoms with Gasteiger partial charge in [0.2, 0.25) is 0 Å². The minimum Gasteiger partial charge on any atom is -0.481 e. The van der Waals surface area contributed by atoms with Crippen LogP contribution in [0.4, 0.5) is 24.5 Å². The number of morpholine rings is 1. The van der Waals surface area contributed by atoms with E-state index in [0.29, 0.717) is 24.6 Å². The first-order valence-corrected chi connectivity index (χ1v) is 12.1. The number of anilines is 2. The van der Waals surface area contributed by atoms with Crippen molar-refractivity contribution in [3.05, 3.63) is 77.1 Å². The zero-order chi connectivity index (χ0) is 27.7. The van der Waals surface area contributed by atoms with E-state index in [1.807, 2.05) is 0 Å². The SMILES string of the molecule is C=C(/C(P)=C\N=CN/N=C/c1ccc(Nc2ccc(C(C)C(=O)O)c(C(F)(F)F)c2)cn1)N1CCOCC1. The third-order valence-electron chi connectivity index (χ3n) is 5.61. The average Bonchev–Trinajstić information content (AvgIpc) is 2.90. The fraction of sp³-hybridized carbons (Fsp3) is 0.280. The Hall–Kier alpha value is -3.76. The third-order valence-corrected chi connectivity index (χ3v) is 6.10. The molecule has 0 bridgehead atoms. The van der Waals surface area contributed by atoms with Gasteiger partial charge in [0.15, 0.2) is 0 Å². The molecule has 0 spiro atoms. The van der Waals surface area contributed by atoms with E-state index >= 15 is 0 Å². The number of carboxylic acid groups (broad SMARTS) is 1. The van der Waals surface area contributed by atoms with E-state index in [1.165, 1.54) is 37.8 Å². The number of alkyl halides is 3. The minimum absolute atomic E-state index is 0.151. The summed E-state index contributed by atoms with van der Waals surface area (Å²) in [4.78, 5) is 21.7. The minimum atomic E-state index is -4.70. The number of hydrogen-bond donors (Lipinski definition) is 3. The highest BCUT2D eigenvalue weighted by Crippen LogP contribution is 2.37. The van der Waals surface area contributed by atoms with Gasteiger partial charge in [-0.3, -0.25) is 15.2 Å². The number of ether oxygens (including phenoxy) is 1. The summed E-state index contributed by atoms with van der Waals surface area (Å²) in [7, 11) is 2.60. The van der Waals surface area contributed by atoms with Gasteiger partial charge in [-0.1, -0.05) is 12.6 Å². The lowest BCUT2D eigenvalue weighted by Gasteiger charge is -2.30. The summed E-state index contributed by atoms with van der Waals surface area (Å²) < 4.78 is 45.9. The van der Waals surface area contributed by atoms with Crippen LogP contribution in [0.15, 0.2) is 70.4 Å². The van der Waals surface area contributed by atoms with Crippen LogP contribution in [0.1, 0.15) is 29.7 Å². The number of nitrogens with zero attached hydrogens (tertiary/aromatic N) is 4. The van der Waals surface area contributed by atoms with E-state index < -0.39 is 23.6 Å². The molecule has 2 atom stereocenters. The first kappa shape index (κ1) is 28.8. The number of rotatable bonds is 10. The van der Waals surface area contributed by atoms with Crippen molar-refractivity contribution in [2.24, 2.45) is 10.1 Å². The standard InChI is InChI=1S/C25H28F3N6O3P/c1-16(24(35)36)21-6-5-18(11-22(21)25(26,27)28)33-20-4-3-19(30-12-20)13-31-32-15-29-14-23(38)17(2)34-7-9-37-10-8-34/h3-6,11-16,33H,2,7-10,38H2,1H3,(H,29,32)(H,35,36)/b23-14+,31-13+. The van der Waals surface area contributed by atoms with Gasteiger partial charge >= 0.3 is 12.1 Å². The predicted molar refractivity (Wildman–Crippen MR) is 144 cm³/mol. The van der Waals surface area contributed by atoms with Crippen molar-refractivity contribution in [3.63, 3.8) is 0 Å². The largest absolute Gasteiger partial charge is 0.481 e. The van der Waals surface area contributed by atoms with E-state index in [9.17, 15) is 18.0 Å². The molecule has 3 rings (SSSR count). The number of pyridine rings is 1. The van der Waals surface area contributed by atoms with Crippen LogP contribution in [0.5, 0.6) is 0 Å². The monoisotopic (exact) mass is 548 g/mol. The summed E-state index contributed by atoms with van der Waals surface area (Å²) in [5, 5.41) is 16.8. The lowest BCUT2D eigenvalue weighted by Crippen LogP contribution is -2.35. The maximum Gasteiger partial charge on any atom is 0.416 e. The molecule has 2 unspecified atom stereocenters. The second kappa shape index (κ2) is 13.2. The first-order valence-electron chi connectivity index (χ1n) is 11.5. The second-order valence-electron chi connectivity index (χ2n) is 8.25. The van der Waals surface area contributed by atoms with Gasteiger partial charge in [0.05, 0.1) is 48.5 Å². The molecule has 1 saturated heterocycles. The molecule has 0 saturated carbocycles. The Kier molecular flexibility index (Phi) is 9.98. The Morgan fingerprint density at radius 3 is 2.61 bits per heavy atom. The Morgan fingerprint density at radius 2 is 1.97 bits per heavy atom. The van der Waals surface area contributed by atoms with Gasteiger partial charge < -0.3 is 20.1 Å². The predicted octanol–water partition coefficient (Wildman–Crippen LogP) is 4.55. The lowest BCUT2D eigenvalue weighted by atomic mass is 9.95. The second-order valence-corrected chi connectivity index (χ2v) is 8.87. The van der Waals surface area contributed by atoms with Gasteiger partial charge in [-0.05, 0) is 36.8 Å². The number of hydrogen-bond acceptors (Lipinski definition) is 7. The van der Waals surface area contributed by atoms with Crippen LogP contribution in [0.3, 0.4) is 0 Å². The first-order chi connectivity index (χ1) is 18.1. The average molecular weight is 549 g/mol. The highest BCUT2D eigenvalue weighted by molar-refractivity contribution is 7.23. The van der Waals surface area contributed by atoms with Gasteiger partial charge in [0.1, 0.15) is 6.34 Å². The summed E-state index contributed by atoms with van der Waals surface area (Å²) >= 11 is 0. The van der Waals surface area contributed by atoms with Crippen molar-refractivity contribution in [1.82, 2.24) is 15.3 Å². The number of aliphatic carboxylic acids is 1. The van der Waals surface area contributed by atoms with Crippen molar-refractivity contribution in [1.29, 1.82) is 0 Å². The smallest absolute Gasteiger partial charge is 0.416 e. The van der Waals surface area contributed by atoms with E-state index in [0.717, 1.165) is 30.2 Å². The highest BCUT2D eigenvalue weighted by atomic mass is 31.0. The summed E-state index contributed by atoms with van der Waals surface area (Å²) in [6, 6.07) is 6.71. The Balaban J connectivity index is 1.56. The Morgan fingerprint density at radius 1 is 1.26 bits per heavy atom. The normalized spacial score (nSPS) is 15.6. The maximum absolute atomic E-state index is 13.5. The number of nitrogens with one attached hydrogen (secondary N) is 2. The number of benzene rings is 1. The molecular formula is C25H28F3N6O3P. The number of aromatic nitrogens is 1. The van der Waals surface area contributed by atoms with Crippen LogP contribution >= 0.6 is 9.24 Å². The van der Waals surface area contributed by atoms with Gasteiger partial charge in [0.25, 0.3) is 0 Å². The van der Waals surface area contributed by atoms with Crippen LogP contribution in [0.2, 0.25) is 0 Å². The van der Waals surface area contributed by atoms with Crippen molar-refractivity contribution in [2.45, 2.75) is 19.0 Å². The summed E-state index contributed by atoms with van der Waals surface area (Å²) in [6.45, 7) is 8.19. The van der Waals surface area contributed by atoms with E-state index in [-0.39, 0.29) is 11.3 Å². The van der Waals surface area contributed by atoms with Crippen molar-refractivity contribution in [3.8, 4) is 0 Å².